The number of nitrogens with one attached hydrogen (secondary N) is 1. The van der Waals surface area contributed by atoms with E-state index in [4.69, 9.17) is 9.47 Å². The molecule has 22 heavy (non-hydrogen) atoms. The monoisotopic (exact) mass is 307 g/mol. The van der Waals surface area contributed by atoms with E-state index in [9.17, 15) is 14.7 Å². The smallest absolute Gasteiger partial charge is 0.329 e. The minimum atomic E-state index is -1.23. The Labute approximate surface area is 129 Å². The number of carbonyl (C=O) groups is 2. The fourth-order valence-electron chi connectivity index (χ4n) is 2.50. The third-order valence-corrected chi connectivity index (χ3v) is 4.13. The molecule has 120 valence electrons. The predicted octanol–water partition coefficient (Wildman–Crippen LogP) is 1.55. The summed E-state index contributed by atoms with van der Waals surface area (Å²) in [4.78, 5) is 24.0. The lowest BCUT2D eigenvalue weighted by Gasteiger charge is -2.34. The van der Waals surface area contributed by atoms with Crippen molar-refractivity contribution in [3.8, 4) is 5.75 Å². The quantitative estimate of drug-likeness (QED) is 0.862. The normalized spacial score (nSPS) is 18.3. The summed E-state index contributed by atoms with van der Waals surface area (Å²) in [5, 5.41) is 12.2. The van der Waals surface area contributed by atoms with Crippen LogP contribution < -0.4 is 10.1 Å². The van der Waals surface area contributed by atoms with Crippen LogP contribution in [0.2, 0.25) is 0 Å². The zero-order valence-corrected chi connectivity index (χ0v) is 12.8. The summed E-state index contributed by atoms with van der Waals surface area (Å²) < 4.78 is 10.3. The molecule has 1 atom stereocenters. The van der Waals surface area contributed by atoms with Crippen molar-refractivity contribution < 1.29 is 24.2 Å². The first kappa shape index (κ1) is 16.3. The Kier molecular flexibility index (Phi) is 5.03. The lowest BCUT2D eigenvalue weighted by molar-refractivity contribution is -0.152. The van der Waals surface area contributed by atoms with Gasteiger partial charge in [0.2, 0.25) is 5.91 Å². The molecule has 1 amide bonds. The third kappa shape index (κ3) is 3.39. The van der Waals surface area contributed by atoms with Crippen LogP contribution >= 0.6 is 0 Å². The van der Waals surface area contributed by atoms with Crippen LogP contribution in [0.4, 0.5) is 0 Å². The fraction of sp³-hybridized carbons (Fsp3) is 0.500. The SMILES string of the molecule is COc1ccc(C(C)C(=O)NC2(C(=O)O)CCOCC2)cc1. The highest BCUT2D eigenvalue weighted by Gasteiger charge is 2.42. The summed E-state index contributed by atoms with van der Waals surface area (Å²) in [5.41, 5.74) is -0.415. The molecule has 1 unspecified atom stereocenters. The highest BCUT2D eigenvalue weighted by molar-refractivity contribution is 5.90. The zero-order valence-electron chi connectivity index (χ0n) is 12.8. The maximum Gasteiger partial charge on any atom is 0.329 e. The second-order valence-electron chi connectivity index (χ2n) is 5.48. The average Bonchev–Trinajstić information content (AvgIpc) is 2.55. The van der Waals surface area contributed by atoms with E-state index in [1.165, 1.54) is 0 Å². The van der Waals surface area contributed by atoms with Crippen LogP contribution in [-0.4, -0.2) is 42.8 Å². The molecular weight excluding hydrogens is 286 g/mol. The first-order valence-electron chi connectivity index (χ1n) is 7.25. The van der Waals surface area contributed by atoms with Gasteiger partial charge in [0.15, 0.2) is 0 Å². The van der Waals surface area contributed by atoms with Crippen LogP contribution in [0.25, 0.3) is 0 Å². The number of carbonyl (C=O) groups excluding carboxylic acids is 1. The zero-order chi connectivity index (χ0) is 16.2. The van der Waals surface area contributed by atoms with Crippen LogP contribution in [-0.2, 0) is 14.3 Å². The maximum atomic E-state index is 12.4. The summed E-state index contributed by atoms with van der Waals surface area (Å²) in [5.74, 6) is -1.03. The molecule has 1 aromatic rings. The van der Waals surface area contributed by atoms with Crippen molar-refractivity contribution >= 4 is 11.9 Å². The number of methoxy groups -OCH3 is 1. The molecule has 1 aliphatic heterocycles. The van der Waals surface area contributed by atoms with Gasteiger partial charge in [-0.2, -0.15) is 0 Å². The van der Waals surface area contributed by atoms with Gasteiger partial charge in [0.1, 0.15) is 11.3 Å². The van der Waals surface area contributed by atoms with Gasteiger partial charge >= 0.3 is 5.97 Å². The first-order chi connectivity index (χ1) is 10.5. The molecule has 6 nitrogen and oxygen atoms in total. The van der Waals surface area contributed by atoms with Crippen molar-refractivity contribution in [2.24, 2.45) is 0 Å². The van der Waals surface area contributed by atoms with Crippen molar-refractivity contribution in [1.82, 2.24) is 5.32 Å². The van der Waals surface area contributed by atoms with Gasteiger partial charge in [-0.15, -0.1) is 0 Å². The Morgan fingerprint density at radius 1 is 1.27 bits per heavy atom. The van der Waals surface area contributed by atoms with E-state index in [0.29, 0.717) is 19.0 Å². The summed E-state index contributed by atoms with van der Waals surface area (Å²) in [6, 6.07) is 7.17. The van der Waals surface area contributed by atoms with Gasteiger partial charge in [0, 0.05) is 26.1 Å². The summed E-state index contributed by atoms with van der Waals surface area (Å²) >= 11 is 0. The van der Waals surface area contributed by atoms with Gasteiger partial charge in [-0.3, -0.25) is 4.79 Å². The molecule has 1 fully saturated rings. The number of carboxylic acids is 1. The molecule has 2 rings (SSSR count). The van der Waals surface area contributed by atoms with Crippen LogP contribution in [0, 0.1) is 0 Å². The second-order valence-corrected chi connectivity index (χ2v) is 5.48. The summed E-state index contributed by atoms with van der Waals surface area (Å²) in [7, 11) is 1.58. The predicted molar refractivity (Wildman–Crippen MR) is 80.0 cm³/mol. The Bertz CT molecular complexity index is 534. The molecule has 2 N–H and O–H groups in total. The van der Waals surface area contributed by atoms with Crippen molar-refractivity contribution in [3.05, 3.63) is 29.8 Å². The molecule has 0 bridgehead atoms. The van der Waals surface area contributed by atoms with E-state index in [1.807, 2.05) is 0 Å². The summed E-state index contributed by atoms with van der Waals surface area (Å²) in [6.07, 6.45) is 0.562. The van der Waals surface area contributed by atoms with E-state index in [2.05, 4.69) is 5.32 Å². The molecule has 1 heterocycles. The van der Waals surface area contributed by atoms with Gasteiger partial charge in [-0.1, -0.05) is 12.1 Å². The van der Waals surface area contributed by atoms with Gasteiger partial charge in [0.05, 0.1) is 13.0 Å². The molecule has 0 radical (unpaired) electrons. The highest BCUT2D eigenvalue weighted by Crippen LogP contribution is 2.24. The molecule has 0 aromatic heterocycles. The first-order valence-corrected chi connectivity index (χ1v) is 7.25. The van der Waals surface area contributed by atoms with Crippen molar-refractivity contribution in [2.45, 2.75) is 31.2 Å². The van der Waals surface area contributed by atoms with E-state index in [-0.39, 0.29) is 18.7 Å². The number of benzene rings is 1. The molecule has 0 spiro atoms. The highest BCUT2D eigenvalue weighted by atomic mass is 16.5. The number of carboxylic acid groups (broad SMARTS) is 1. The number of aliphatic carboxylic acids is 1. The molecule has 0 aliphatic carbocycles. The standard InChI is InChI=1S/C16H21NO5/c1-11(12-3-5-13(21-2)6-4-12)14(18)17-16(15(19)20)7-9-22-10-8-16/h3-6,11H,7-10H2,1-2H3,(H,17,18)(H,19,20). The van der Waals surface area contributed by atoms with Crippen molar-refractivity contribution in [3.63, 3.8) is 0 Å². The lowest BCUT2D eigenvalue weighted by atomic mass is 9.88. The van der Waals surface area contributed by atoms with E-state index in [0.717, 1.165) is 5.56 Å². The maximum absolute atomic E-state index is 12.4. The van der Waals surface area contributed by atoms with Crippen molar-refractivity contribution in [2.75, 3.05) is 20.3 Å². The molecule has 6 heteroatoms. The topological polar surface area (TPSA) is 84.9 Å². The number of ether oxygens (including phenoxy) is 2. The number of hydrogen-bond acceptors (Lipinski definition) is 4. The fourth-order valence-corrected chi connectivity index (χ4v) is 2.50. The number of hydrogen-bond donors (Lipinski definition) is 2. The number of amides is 1. The minimum Gasteiger partial charge on any atom is -0.497 e. The summed E-state index contributed by atoms with van der Waals surface area (Å²) in [6.45, 7) is 2.43. The van der Waals surface area contributed by atoms with Gasteiger partial charge in [-0.25, -0.2) is 4.79 Å². The average molecular weight is 307 g/mol. The Morgan fingerprint density at radius 3 is 2.36 bits per heavy atom. The van der Waals surface area contributed by atoms with E-state index >= 15 is 0 Å². The Morgan fingerprint density at radius 2 is 1.86 bits per heavy atom. The van der Waals surface area contributed by atoms with Gasteiger partial charge in [0.25, 0.3) is 0 Å². The van der Waals surface area contributed by atoms with Gasteiger partial charge in [-0.05, 0) is 24.6 Å². The third-order valence-electron chi connectivity index (χ3n) is 4.13. The lowest BCUT2D eigenvalue weighted by Crippen LogP contribution is -2.58. The van der Waals surface area contributed by atoms with Crippen LogP contribution in [0.1, 0.15) is 31.2 Å². The number of rotatable bonds is 5. The molecular formula is C16H21NO5. The molecule has 1 aliphatic rings. The molecule has 1 saturated heterocycles. The Hall–Kier alpha value is -2.08. The second kappa shape index (κ2) is 6.79. The van der Waals surface area contributed by atoms with E-state index in [1.54, 1.807) is 38.3 Å². The van der Waals surface area contributed by atoms with Crippen LogP contribution in [0.5, 0.6) is 5.75 Å². The van der Waals surface area contributed by atoms with Crippen LogP contribution in [0.15, 0.2) is 24.3 Å². The van der Waals surface area contributed by atoms with Crippen molar-refractivity contribution in [1.29, 1.82) is 0 Å². The molecule has 0 saturated carbocycles. The van der Waals surface area contributed by atoms with Gasteiger partial charge < -0.3 is 19.9 Å². The van der Waals surface area contributed by atoms with E-state index < -0.39 is 17.4 Å². The van der Waals surface area contributed by atoms with Crippen LogP contribution in [0.3, 0.4) is 0 Å². The molecule has 1 aromatic carbocycles. The Balaban J connectivity index is 2.10. The largest absolute Gasteiger partial charge is 0.497 e. The minimum absolute atomic E-state index is 0.281.